The van der Waals surface area contributed by atoms with E-state index < -0.39 is 34.1 Å². The van der Waals surface area contributed by atoms with E-state index in [2.05, 4.69) is 5.32 Å². The standard InChI is InChI=1S/C22H20F2N2O3S/c1-15-8-10-18(12-16(15)2)26(30(28,29)19-6-4-3-5-7-19)14-22(27)25-21-11-9-17(23)13-20(21)24/h3-13H,14H2,1-2H3,(H,25,27). The van der Waals surface area contributed by atoms with Crippen LogP contribution in [-0.2, 0) is 14.8 Å². The van der Waals surface area contributed by atoms with Gasteiger partial charge in [0.2, 0.25) is 5.91 Å². The van der Waals surface area contributed by atoms with Gasteiger partial charge in [-0.3, -0.25) is 9.10 Å². The second-order valence-electron chi connectivity index (χ2n) is 6.77. The Morgan fingerprint density at radius 1 is 0.933 bits per heavy atom. The SMILES string of the molecule is Cc1ccc(N(CC(=O)Nc2ccc(F)cc2F)S(=O)(=O)c2ccccc2)cc1C. The Morgan fingerprint density at radius 3 is 2.27 bits per heavy atom. The summed E-state index contributed by atoms with van der Waals surface area (Å²) in [7, 11) is -4.07. The normalized spacial score (nSPS) is 11.2. The summed E-state index contributed by atoms with van der Waals surface area (Å²) >= 11 is 0. The van der Waals surface area contributed by atoms with Gasteiger partial charge in [0, 0.05) is 6.07 Å². The molecule has 0 aromatic heterocycles. The molecule has 0 spiro atoms. The number of aryl methyl sites for hydroxylation is 2. The number of sulfonamides is 1. The van der Waals surface area contributed by atoms with Gasteiger partial charge in [-0.25, -0.2) is 17.2 Å². The topological polar surface area (TPSA) is 66.5 Å². The van der Waals surface area contributed by atoms with Gasteiger partial charge in [-0.2, -0.15) is 0 Å². The highest BCUT2D eigenvalue weighted by molar-refractivity contribution is 7.92. The number of carbonyl (C=O) groups excluding carboxylic acids is 1. The van der Waals surface area contributed by atoms with Crippen LogP contribution in [0.15, 0.2) is 71.6 Å². The number of amides is 1. The van der Waals surface area contributed by atoms with E-state index in [-0.39, 0.29) is 10.6 Å². The summed E-state index contributed by atoms with van der Waals surface area (Å²) in [6.07, 6.45) is 0. The molecular weight excluding hydrogens is 410 g/mol. The fraction of sp³-hybridized carbons (Fsp3) is 0.136. The number of rotatable bonds is 6. The number of hydrogen-bond acceptors (Lipinski definition) is 3. The van der Waals surface area contributed by atoms with Gasteiger partial charge in [-0.1, -0.05) is 24.3 Å². The Bertz CT molecular complexity index is 1180. The van der Waals surface area contributed by atoms with Crippen molar-refractivity contribution in [3.8, 4) is 0 Å². The molecule has 8 heteroatoms. The third-order valence-corrected chi connectivity index (χ3v) is 6.39. The van der Waals surface area contributed by atoms with Crippen LogP contribution < -0.4 is 9.62 Å². The number of nitrogens with one attached hydrogen (secondary N) is 1. The van der Waals surface area contributed by atoms with E-state index in [9.17, 15) is 22.0 Å². The van der Waals surface area contributed by atoms with Gasteiger partial charge in [0.05, 0.1) is 16.3 Å². The van der Waals surface area contributed by atoms with Crippen LogP contribution in [0.2, 0.25) is 0 Å². The van der Waals surface area contributed by atoms with Crippen molar-refractivity contribution >= 4 is 27.3 Å². The third kappa shape index (κ3) is 4.65. The summed E-state index contributed by atoms with van der Waals surface area (Å²) < 4.78 is 54.4. The number of nitrogens with zero attached hydrogens (tertiary/aromatic N) is 1. The first-order chi connectivity index (χ1) is 14.2. The Labute approximate surface area is 174 Å². The number of halogens is 2. The molecule has 3 rings (SSSR count). The number of benzene rings is 3. The first kappa shape index (κ1) is 21.4. The number of carbonyl (C=O) groups is 1. The van der Waals surface area contributed by atoms with E-state index >= 15 is 0 Å². The minimum Gasteiger partial charge on any atom is -0.322 e. The Morgan fingerprint density at radius 2 is 1.63 bits per heavy atom. The molecule has 1 N–H and O–H groups in total. The van der Waals surface area contributed by atoms with Gasteiger partial charge in [0.1, 0.15) is 18.2 Å². The lowest BCUT2D eigenvalue weighted by Gasteiger charge is -2.25. The zero-order valence-corrected chi connectivity index (χ0v) is 17.2. The fourth-order valence-electron chi connectivity index (χ4n) is 2.83. The second-order valence-corrected chi connectivity index (χ2v) is 8.63. The molecule has 3 aromatic carbocycles. The van der Waals surface area contributed by atoms with E-state index in [1.54, 1.807) is 36.4 Å². The van der Waals surface area contributed by atoms with E-state index in [1.165, 1.54) is 12.1 Å². The van der Waals surface area contributed by atoms with Crippen LogP contribution >= 0.6 is 0 Å². The van der Waals surface area contributed by atoms with Crippen LogP contribution in [0.5, 0.6) is 0 Å². The molecule has 156 valence electrons. The Hall–Kier alpha value is -3.26. The second kappa shape index (κ2) is 8.62. The van der Waals surface area contributed by atoms with Crippen molar-refractivity contribution in [2.45, 2.75) is 18.7 Å². The molecule has 0 unspecified atom stereocenters. The Balaban J connectivity index is 1.97. The molecule has 0 atom stereocenters. The van der Waals surface area contributed by atoms with Crippen molar-refractivity contribution in [2.75, 3.05) is 16.2 Å². The largest absolute Gasteiger partial charge is 0.322 e. The van der Waals surface area contributed by atoms with Crippen LogP contribution in [0.4, 0.5) is 20.2 Å². The summed E-state index contributed by atoms with van der Waals surface area (Å²) in [5.41, 5.74) is 1.88. The molecule has 0 bridgehead atoms. The van der Waals surface area contributed by atoms with Crippen LogP contribution in [0.1, 0.15) is 11.1 Å². The average molecular weight is 430 g/mol. The zero-order valence-electron chi connectivity index (χ0n) is 16.4. The molecular formula is C22H20F2N2O3S. The molecule has 0 fully saturated rings. The minimum atomic E-state index is -4.07. The summed E-state index contributed by atoms with van der Waals surface area (Å²) in [6.45, 7) is 3.13. The maximum absolute atomic E-state index is 13.9. The predicted octanol–water partition coefficient (Wildman–Crippen LogP) is 4.42. The quantitative estimate of drug-likeness (QED) is 0.630. The molecule has 30 heavy (non-hydrogen) atoms. The van der Waals surface area contributed by atoms with E-state index in [1.807, 2.05) is 13.8 Å². The highest BCUT2D eigenvalue weighted by atomic mass is 32.2. The summed E-state index contributed by atoms with van der Waals surface area (Å²) in [4.78, 5) is 12.6. The fourth-order valence-corrected chi connectivity index (χ4v) is 4.26. The monoisotopic (exact) mass is 430 g/mol. The van der Waals surface area contributed by atoms with Gasteiger partial charge < -0.3 is 5.32 Å². The van der Waals surface area contributed by atoms with Crippen LogP contribution in [-0.4, -0.2) is 20.9 Å². The van der Waals surface area contributed by atoms with Crippen LogP contribution in [0, 0.1) is 25.5 Å². The first-order valence-electron chi connectivity index (χ1n) is 9.08. The van der Waals surface area contributed by atoms with E-state index in [0.29, 0.717) is 11.8 Å². The average Bonchev–Trinajstić information content (AvgIpc) is 2.71. The molecule has 0 saturated heterocycles. The highest BCUT2D eigenvalue weighted by Gasteiger charge is 2.27. The number of hydrogen-bond donors (Lipinski definition) is 1. The van der Waals surface area contributed by atoms with Gasteiger partial charge in [-0.05, 0) is 61.4 Å². The molecule has 1 amide bonds. The molecule has 0 aliphatic heterocycles. The lowest BCUT2D eigenvalue weighted by Crippen LogP contribution is -2.38. The lowest BCUT2D eigenvalue weighted by molar-refractivity contribution is -0.114. The number of anilines is 2. The molecule has 5 nitrogen and oxygen atoms in total. The minimum absolute atomic E-state index is 0.0176. The molecule has 3 aromatic rings. The van der Waals surface area contributed by atoms with Crippen molar-refractivity contribution in [3.63, 3.8) is 0 Å². The van der Waals surface area contributed by atoms with Crippen LogP contribution in [0.25, 0.3) is 0 Å². The third-order valence-electron chi connectivity index (χ3n) is 4.60. The summed E-state index contributed by atoms with van der Waals surface area (Å²) in [5, 5.41) is 2.30. The van der Waals surface area contributed by atoms with Gasteiger partial charge in [-0.15, -0.1) is 0 Å². The van der Waals surface area contributed by atoms with Crippen molar-refractivity contribution in [2.24, 2.45) is 0 Å². The zero-order chi connectivity index (χ0) is 21.9. The van der Waals surface area contributed by atoms with Crippen molar-refractivity contribution in [3.05, 3.63) is 89.5 Å². The highest BCUT2D eigenvalue weighted by Crippen LogP contribution is 2.26. The molecule has 0 heterocycles. The van der Waals surface area contributed by atoms with Crippen molar-refractivity contribution in [1.82, 2.24) is 0 Å². The predicted molar refractivity (Wildman–Crippen MR) is 112 cm³/mol. The first-order valence-corrected chi connectivity index (χ1v) is 10.5. The maximum atomic E-state index is 13.9. The molecule has 0 aliphatic carbocycles. The Kier molecular flexibility index (Phi) is 6.17. The maximum Gasteiger partial charge on any atom is 0.264 e. The van der Waals surface area contributed by atoms with Gasteiger partial charge >= 0.3 is 0 Å². The van der Waals surface area contributed by atoms with Crippen molar-refractivity contribution in [1.29, 1.82) is 0 Å². The summed E-state index contributed by atoms with van der Waals surface area (Å²) in [6, 6.07) is 15.5. The molecule has 0 saturated carbocycles. The summed E-state index contributed by atoms with van der Waals surface area (Å²) in [5.74, 6) is -2.50. The lowest BCUT2D eigenvalue weighted by atomic mass is 10.1. The van der Waals surface area contributed by atoms with Crippen molar-refractivity contribution < 1.29 is 22.0 Å². The van der Waals surface area contributed by atoms with Gasteiger partial charge in [0.25, 0.3) is 10.0 Å². The smallest absolute Gasteiger partial charge is 0.264 e. The van der Waals surface area contributed by atoms with Gasteiger partial charge in [0.15, 0.2) is 0 Å². The molecule has 0 aliphatic rings. The van der Waals surface area contributed by atoms with E-state index in [0.717, 1.165) is 27.6 Å². The van der Waals surface area contributed by atoms with Crippen LogP contribution in [0.3, 0.4) is 0 Å². The van der Waals surface area contributed by atoms with E-state index in [4.69, 9.17) is 0 Å². The molecule has 0 radical (unpaired) electrons.